The van der Waals surface area contributed by atoms with Crippen LogP contribution >= 0.6 is 11.8 Å². The lowest BCUT2D eigenvalue weighted by atomic mass is 10.3. The highest BCUT2D eigenvalue weighted by molar-refractivity contribution is 7.99. The molecule has 0 aliphatic rings. The van der Waals surface area contributed by atoms with E-state index < -0.39 is 10.0 Å². The predicted octanol–water partition coefficient (Wildman–Crippen LogP) is 1.65. The van der Waals surface area contributed by atoms with Crippen LogP contribution in [0.3, 0.4) is 0 Å². The average Bonchev–Trinajstić information content (AvgIpc) is 2.88. The second-order valence-electron chi connectivity index (χ2n) is 4.06. The molecule has 1 aromatic heterocycles. The predicted molar refractivity (Wildman–Crippen MR) is 80.4 cm³/mol. The van der Waals surface area contributed by atoms with Gasteiger partial charge in [-0.3, -0.25) is 9.82 Å². The molecule has 0 spiro atoms. The summed E-state index contributed by atoms with van der Waals surface area (Å²) in [5.74, 6) is 0. The van der Waals surface area contributed by atoms with Gasteiger partial charge >= 0.3 is 0 Å². The zero-order chi connectivity index (χ0) is 14.6. The number of hydrogen-bond acceptors (Lipinski definition) is 5. The summed E-state index contributed by atoms with van der Waals surface area (Å²) >= 11 is 1.48. The Morgan fingerprint density at radius 1 is 1.35 bits per heavy atom. The molecule has 1 aromatic carbocycles. The molecule has 0 saturated heterocycles. The summed E-state index contributed by atoms with van der Waals surface area (Å²) in [6.07, 6.45) is 3.40. The van der Waals surface area contributed by atoms with Gasteiger partial charge in [-0.15, -0.1) is 11.8 Å². The maximum atomic E-state index is 12.4. The molecule has 6 nitrogen and oxygen atoms in total. The molecule has 1 heterocycles. The van der Waals surface area contributed by atoms with Gasteiger partial charge in [0, 0.05) is 17.0 Å². The zero-order valence-electron chi connectivity index (χ0n) is 11.2. The summed E-state index contributed by atoms with van der Waals surface area (Å²) in [5.41, 5.74) is 1.16. The summed E-state index contributed by atoms with van der Waals surface area (Å²) in [6, 6.07) is 7.26. The topological polar surface area (TPSA) is 86.9 Å². The highest BCUT2D eigenvalue weighted by atomic mass is 32.2. The normalized spacial score (nSPS) is 11.5. The largest absolute Gasteiger partial charge is 0.316 e. The highest BCUT2D eigenvalue weighted by Gasteiger charge is 2.21. The van der Waals surface area contributed by atoms with E-state index >= 15 is 0 Å². The number of nitrogens with zero attached hydrogens (tertiary/aromatic N) is 1. The monoisotopic (exact) mass is 312 g/mol. The van der Waals surface area contributed by atoms with Crippen molar-refractivity contribution >= 4 is 27.5 Å². The highest BCUT2D eigenvalue weighted by Crippen LogP contribution is 2.27. The summed E-state index contributed by atoms with van der Waals surface area (Å²) in [6.45, 7) is 0.427. The Morgan fingerprint density at radius 2 is 2.10 bits per heavy atom. The molecular weight excluding hydrogens is 296 g/mol. The van der Waals surface area contributed by atoms with Gasteiger partial charge in [0.15, 0.2) is 5.03 Å². The lowest BCUT2D eigenvalue weighted by Crippen LogP contribution is -2.17. The van der Waals surface area contributed by atoms with E-state index in [2.05, 4.69) is 20.2 Å². The first-order valence-electron chi connectivity index (χ1n) is 5.91. The number of benzene rings is 1. The summed E-state index contributed by atoms with van der Waals surface area (Å²) in [5, 5.41) is 9.34. The Labute approximate surface area is 122 Å². The molecule has 0 unspecified atom stereocenters. The number of aromatic amines is 1. The molecule has 0 saturated carbocycles. The summed E-state index contributed by atoms with van der Waals surface area (Å²) < 4.78 is 27.4. The molecule has 2 rings (SSSR count). The molecule has 0 aliphatic heterocycles. The van der Waals surface area contributed by atoms with Crippen LogP contribution in [-0.2, 0) is 16.6 Å². The van der Waals surface area contributed by atoms with Crippen LogP contribution in [0.1, 0.15) is 5.56 Å². The fourth-order valence-electron chi connectivity index (χ4n) is 1.77. The Kier molecular flexibility index (Phi) is 4.69. The van der Waals surface area contributed by atoms with Crippen molar-refractivity contribution < 1.29 is 8.42 Å². The molecule has 0 atom stereocenters. The van der Waals surface area contributed by atoms with Gasteiger partial charge < -0.3 is 5.32 Å². The zero-order valence-corrected chi connectivity index (χ0v) is 12.8. The molecule has 108 valence electrons. The van der Waals surface area contributed by atoms with E-state index in [-0.39, 0.29) is 5.03 Å². The molecule has 0 fully saturated rings. The van der Waals surface area contributed by atoms with Gasteiger partial charge in [0.05, 0.1) is 11.9 Å². The summed E-state index contributed by atoms with van der Waals surface area (Å²) in [7, 11) is -1.93. The van der Waals surface area contributed by atoms with E-state index in [4.69, 9.17) is 0 Å². The van der Waals surface area contributed by atoms with Crippen molar-refractivity contribution in [2.24, 2.45) is 0 Å². The van der Waals surface area contributed by atoms with Gasteiger partial charge in [-0.25, -0.2) is 0 Å². The van der Waals surface area contributed by atoms with Gasteiger partial charge in [0.1, 0.15) is 0 Å². The van der Waals surface area contributed by atoms with Crippen LogP contribution in [0.4, 0.5) is 5.69 Å². The van der Waals surface area contributed by atoms with Gasteiger partial charge in [-0.05, 0) is 25.4 Å². The minimum absolute atomic E-state index is 0.0859. The number of rotatable bonds is 6. The second kappa shape index (κ2) is 6.29. The van der Waals surface area contributed by atoms with E-state index in [1.54, 1.807) is 19.2 Å². The van der Waals surface area contributed by atoms with E-state index in [0.29, 0.717) is 17.8 Å². The Morgan fingerprint density at radius 3 is 2.80 bits per heavy atom. The number of hydrogen-bond donors (Lipinski definition) is 3. The van der Waals surface area contributed by atoms with Crippen LogP contribution in [0, 0.1) is 0 Å². The van der Waals surface area contributed by atoms with Crippen molar-refractivity contribution in [3.63, 3.8) is 0 Å². The fourth-order valence-corrected chi connectivity index (χ4v) is 3.60. The van der Waals surface area contributed by atoms with Crippen LogP contribution < -0.4 is 10.0 Å². The number of para-hydroxylation sites is 1. The quantitative estimate of drug-likeness (QED) is 0.706. The second-order valence-corrected chi connectivity index (χ2v) is 6.53. The Balaban J connectivity index is 2.33. The SMILES string of the molecule is CNCc1cn[nH]c1S(=O)(=O)Nc1ccccc1SC. The van der Waals surface area contributed by atoms with E-state index in [1.165, 1.54) is 18.0 Å². The van der Waals surface area contributed by atoms with Gasteiger partial charge in [0.25, 0.3) is 10.0 Å². The molecule has 2 aromatic rings. The standard InChI is InChI=1S/C12H16N4O2S2/c1-13-7-9-8-14-15-12(9)20(17,18)16-10-5-3-4-6-11(10)19-2/h3-6,8,13,16H,7H2,1-2H3,(H,14,15). The molecular formula is C12H16N4O2S2. The van der Waals surface area contributed by atoms with Crippen molar-refractivity contribution in [2.45, 2.75) is 16.5 Å². The first-order valence-corrected chi connectivity index (χ1v) is 8.62. The number of nitrogens with one attached hydrogen (secondary N) is 3. The van der Waals surface area contributed by atoms with Crippen LogP contribution in [0.15, 0.2) is 40.4 Å². The van der Waals surface area contributed by atoms with Crippen LogP contribution in [0.5, 0.6) is 0 Å². The lowest BCUT2D eigenvalue weighted by Gasteiger charge is -2.11. The third-order valence-corrected chi connectivity index (χ3v) is 4.84. The third kappa shape index (κ3) is 3.14. The number of anilines is 1. The first-order chi connectivity index (χ1) is 9.58. The minimum Gasteiger partial charge on any atom is -0.316 e. The average molecular weight is 312 g/mol. The molecule has 3 N–H and O–H groups in total. The number of aromatic nitrogens is 2. The van der Waals surface area contributed by atoms with Crippen LogP contribution in [0.2, 0.25) is 0 Å². The number of H-pyrrole nitrogens is 1. The van der Waals surface area contributed by atoms with Crippen molar-refractivity contribution in [1.82, 2.24) is 15.5 Å². The molecule has 8 heteroatoms. The van der Waals surface area contributed by atoms with Gasteiger partial charge in [-0.2, -0.15) is 13.5 Å². The maximum Gasteiger partial charge on any atom is 0.279 e. The summed E-state index contributed by atoms with van der Waals surface area (Å²) in [4.78, 5) is 0.866. The van der Waals surface area contributed by atoms with Gasteiger partial charge in [0.2, 0.25) is 0 Å². The molecule has 0 amide bonds. The van der Waals surface area contributed by atoms with Crippen molar-refractivity contribution in [2.75, 3.05) is 18.0 Å². The van der Waals surface area contributed by atoms with E-state index in [9.17, 15) is 8.42 Å². The smallest absolute Gasteiger partial charge is 0.279 e. The van der Waals surface area contributed by atoms with E-state index in [0.717, 1.165) is 4.90 Å². The van der Waals surface area contributed by atoms with Crippen molar-refractivity contribution in [3.05, 3.63) is 36.0 Å². The van der Waals surface area contributed by atoms with Crippen molar-refractivity contribution in [1.29, 1.82) is 0 Å². The maximum absolute atomic E-state index is 12.4. The third-order valence-electron chi connectivity index (χ3n) is 2.67. The fraction of sp³-hybridized carbons (Fsp3) is 0.250. The van der Waals surface area contributed by atoms with Gasteiger partial charge in [-0.1, -0.05) is 12.1 Å². The molecule has 20 heavy (non-hydrogen) atoms. The first kappa shape index (κ1) is 14.9. The molecule has 0 aliphatic carbocycles. The lowest BCUT2D eigenvalue weighted by molar-refractivity contribution is 0.595. The minimum atomic E-state index is -3.68. The van der Waals surface area contributed by atoms with E-state index in [1.807, 2.05) is 18.4 Å². The van der Waals surface area contributed by atoms with Crippen molar-refractivity contribution in [3.8, 4) is 0 Å². The van der Waals surface area contributed by atoms with Crippen LogP contribution in [0.25, 0.3) is 0 Å². The number of sulfonamides is 1. The van der Waals surface area contributed by atoms with Crippen LogP contribution in [-0.4, -0.2) is 31.9 Å². The Hall–Kier alpha value is -1.51. The number of thioether (sulfide) groups is 1. The molecule has 0 bridgehead atoms. The molecule has 0 radical (unpaired) electrons. The Bertz CT molecular complexity index is 682.